The lowest BCUT2D eigenvalue weighted by Crippen LogP contribution is -2.43. The largest absolute Gasteiger partial charge is 0.494 e. The van der Waals surface area contributed by atoms with Crippen molar-refractivity contribution in [2.24, 2.45) is 11.5 Å². The predicted molar refractivity (Wildman–Crippen MR) is 83.1 cm³/mol. The van der Waals surface area contributed by atoms with Crippen molar-refractivity contribution >= 4 is 24.2 Å². The Hall–Kier alpha value is -1.79. The number of para-hydroxylation sites is 1. The molecule has 0 aliphatic carbocycles. The van der Waals surface area contributed by atoms with Gasteiger partial charge in [-0.05, 0) is 13.0 Å². The van der Waals surface area contributed by atoms with E-state index in [4.69, 9.17) is 16.2 Å². The van der Waals surface area contributed by atoms with Crippen molar-refractivity contribution in [1.29, 1.82) is 0 Å². The molecule has 0 aromatic heterocycles. The molecule has 0 fully saturated rings. The second-order valence-corrected chi connectivity index (χ2v) is 4.51. The number of hydrogen-bond donors (Lipinski definition) is 2. The minimum absolute atomic E-state index is 0. The number of nitrogens with zero attached hydrogens (tertiary/aromatic N) is 1. The summed E-state index contributed by atoms with van der Waals surface area (Å²) in [7, 11) is 1.63. The van der Waals surface area contributed by atoms with Crippen molar-refractivity contribution in [3.8, 4) is 5.75 Å². The van der Waals surface area contributed by atoms with Gasteiger partial charge < -0.3 is 21.1 Å². The van der Waals surface area contributed by atoms with Gasteiger partial charge in [0.15, 0.2) is 0 Å². The number of carbonyl (C=O) groups is 2. The average molecular weight is 316 g/mol. The van der Waals surface area contributed by atoms with E-state index in [9.17, 15) is 9.59 Å². The smallest absolute Gasteiger partial charge is 0.240 e. The van der Waals surface area contributed by atoms with Crippen LogP contribution in [0, 0.1) is 0 Å². The summed E-state index contributed by atoms with van der Waals surface area (Å²) in [6, 6.07) is 6.57. The highest BCUT2D eigenvalue weighted by Gasteiger charge is 2.20. The summed E-state index contributed by atoms with van der Waals surface area (Å²) in [5, 5.41) is 0. The van der Waals surface area contributed by atoms with Gasteiger partial charge in [0.2, 0.25) is 11.8 Å². The number of ether oxygens (including phenoxy) is 1. The van der Waals surface area contributed by atoms with Crippen LogP contribution in [0.1, 0.15) is 18.9 Å². The Morgan fingerprint density at radius 1 is 1.33 bits per heavy atom. The maximum Gasteiger partial charge on any atom is 0.240 e. The first-order valence-electron chi connectivity index (χ1n) is 6.45. The number of halogens is 1. The maximum absolute atomic E-state index is 12.0. The predicted octanol–water partition coefficient (Wildman–Crippen LogP) is 0.668. The van der Waals surface area contributed by atoms with E-state index in [1.165, 1.54) is 4.90 Å². The Balaban J connectivity index is 0.00000400. The molecule has 0 bridgehead atoms. The number of carbonyl (C=O) groups excluding carboxylic acids is 2. The first-order chi connectivity index (χ1) is 9.45. The van der Waals surface area contributed by atoms with Gasteiger partial charge in [-0.1, -0.05) is 18.2 Å². The molecule has 0 heterocycles. The summed E-state index contributed by atoms with van der Waals surface area (Å²) in [6.45, 7) is 2.81. The Bertz CT molecular complexity index is 482. The van der Waals surface area contributed by atoms with E-state index < -0.39 is 11.9 Å². The lowest BCUT2D eigenvalue weighted by molar-refractivity contribution is -0.134. The average Bonchev–Trinajstić information content (AvgIpc) is 2.39. The van der Waals surface area contributed by atoms with Gasteiger partial charge in [-0.15, -0.1) is 12.4 Å². The van der Waals surface area contributed by atoms with Gasteiger partial charge in [0.1, 0.15) is 5.75 Å². The van der Waals surface area contributed by atoms with Gasteiger partial charge in [0, 0.05) is 19.2 Å². The quantitative estimate of drug-likeness (QED) is 0.772. The van der Waals surface area contributed by atoms with Crippen LogP contribution in [0.5, 0.6) is 5.75 Å². The normalized spacial score (nSPS) is 11.2. The number of benzene rings is 1. The molecule has 0 radical (unpaired) electrons. The number of rotatable bonds is 7. The molecule has 1 atom stereocenters. The molecule has 0 saturated heterocycles. The van der Waals surface area contributed by atoms with Gasteiger partial charge in [-0.2, -0.15) is 0 Å². The molecule has 0 spiro atoms. The SMILES string of the molecule is CCOc1ccccc1CN(C)C(=O)C(N)CC(N)=O.Cl. The molecule has 0 aliphatic heterocycles. The van der Waals surface area contributed by atoms with Crippen LogP contribution in [0.25, 0.3) is 0 Å². The summed E-state index contributed by atoms with van der Waals surface area (Å²) in [4.78, 5) is 24.3. The zero-order valence-corrected chi connectivity index (χ0v) is 13.1. The molecule has 0 saturated carbocycles. The van der Waals surface area contributed by atoms with Gasteiger partial charge in [-0.25, -0.2) is 0 Å². The Morgan fingerprint density at radius 3 is 2.52 bits per heavy atom. The number of likely N-dealkylation sites (N-methyl/N-ethyl adjacent to an activating group) is 1. The van der Waals surface area contributed by atoms with Crippen LogP contribution in [-0.2, 0) is 16.1 Å². The van der Waals surface area contributed by atoms with Gasteiger partial charge in [0.05, 0.1) is 19.1 Å². The topological polar surface area (TPSA) is 98.7 Å². The third kappa shape index (κ3) is 6.01. The molecule has 118 valence electrons. The highest BCUT2D eigenvalue weighted by atomic mass is 35.5. The van der Waals surface area contributed by atoms with Gasteiger partial charge in [-0.3, -0.25) is 9.59 Å². The molecule has 1 unspecified atom stereocenters. The van der Waals surface area contributed by atoms with Crippen molar-refractivity contribution in [2.45, 2.75) is 25.9 Å². The summed E-state index contributed by atoms with van der Waals surface area (Å²) in [5.41, 5.74) is 11.6. The standard InChI is InChI=1S/C14H21N3O3.ClH/c1-3-20-12-7-5-4-6-10(12)9-17(2)14(19)11(15)8-13(16)18;/h4-7,11H,3,8-9,15H2,1-2H3,(H2,16,18);1H. The van der Waals surface area contributed by atoms with Crippen molar-refractivity contribution < 1.29 is 14.3 Å². The maximum atomic E-state index is 12.0. The van der Waals surface area contributed by atoms with E-state index in [-0.39, 0.29) is 24.7 Å². The molecule has 4 N–H and O–H groups in total. The van der Waals surface area contributed by atoms with Gasteiger partial charge >= 0.3 is 0 Å². The van der Waals surface area contributed by atoms with Gasteiger partial charge in [0.25, 0.3) is 0 Å². The first-order valence-corrected chi connectivity index (χ1v) is 6.45. The lowest BCUT2D eigenvalue weighted by atomic mass is 10.1. The second-order valence-electron chi connectivity index (χ2n) is 4.51. The summed E-state index contributed by atoms with van der Waals surface area (Å²) in [6.07, 6.45) is -0.156. The van der Waals surface area contributed by atoms with E-state index in [1.54, 1.807) is 7.05 Å². The lowest BCUT2D eigenvalue weighted by Gasteiger charge is -2.22. The molecule has 1 aromatic carbocycles. The third-order valence-corrected chi connectivity index (χ3v) is 2.79. The van der Waals surface area contributed by atoms with Crippen molar-refractivity contribution in [1.82, 2.24) is 4.90 Å². The fraction of sp³-hybridized carbons (Fsp3) is 0.429. The first kappa shape index (κ1) is 19.2. The van der Waals surface area contributed by atoms with Crippen LogP contribution >= 0.6 is 12.4 Å². The Kier molecular flexibility index (Phi) is 8.42. The zero-order chi connectivity index (χ0) is 15.1. The number of primary amides is 1. The monoisotopic (exact) mass is 315 g/mol. The highest BCUT2D eigenvalue weighted by molar-refractivity contribution is 5.87. The van der Waals surface area contributed by atoms with E-state index in [0.29, 0.717) is 13.2 Å². The van der Waals surface area contributed by atoms with Crippen LogP contribution in [0.15, 0.2) is 24.3 Å². The van der Waals surface area contributed by atoms with E-state index >= 15 is 0 Å². The molecule has 1 rings (SSSR count). The Morgan fingerprint density at radius 2 is 1.95 bits per heavy atom. The van der Waals surface area contributed by atoms with E-state index in [2.05, 4.69) is 0 Å². The van der Waals surface area contributed by atoms with E-state index in [1.807, 2.05) is 31.2 Å². The molecule has 21 heavy (non-hydrogen) atoms. The summed E-state index contributed by atoms with van der Waals surface area (Å²) < 4.78 is 5.50. The van der Waals surface area contributed by atoms with Crippen molar-refractivity contribution in [2.75, 3.05) is 13.7 Å². The second kappa shape index (κ2) is 9.20. The van der Waals surface area contributed by atoms with Crippen molar-refractivity contribution in [3.05, 3.63) is 29.8 Å². The molecule has 7 heteroatoms. The fourth-order valence-electron chi connectivity index (χ4n) is 1.85. The minimum atomic E-state index is -0.906. The van der Waals surface area contributed by atoms with Crippen LogP contribution < -0.4 is 16.2 Å². The summed E-state index contributed by atoms with van der Waals surface area (Å²) in [5.74, 6) is -0.179. The highest BCUT2D eigenvalue weighted by Crippen LogP contribution is 2.19. The number of hydrogen-bond acceptors (Lipinski definition) is 4. The molecular weight excluding hydrogens is 294 g/mol. The van der Waals surface area contributed by atoms with Crippen LogP contribution in [0.4, 0.5) is 0 Å². The van der Waals surface area contributed by atoms with Crippen LogP contribution in [-0.4, -0.2) is 36.4 Å². The molecule has 1 aromatic rings. The summed E-state index contributed by atoms with van der Waals surface area (Å²) >= 11 is 0. The fourth-order valence-corrected chi connectivity index (χ4v) is 1.85. The number of nitrogens with two attached hydrogens (primary N) is 2. The zero-order valence-electron chi connectivity index (χ0n) is 12.2. The van der Waals surface area contributed by atoms with E-state index in [0.717, 1.165) is 11.3 Å². The van der Waals surface area contributed by atoms with Crippen LogP contribution in [0.2, 0.25) is 0 Å². The van der Waals surface area contributed by atoms with Crippen LogP contribution in [0.3, 0.4) is 0 Å². The number of amides is 2. The molecule has 2 amide bonds. The molecule has 6 nitrogen and oxygen atoms in total. The van der Waals surface area contributed by atoms with Crippen molar-refractivity contribution in [3.63, 3.8) is 0 Å². The third-order valence-electron chi connectivity index (χ3n) is 2.79. The minimum Gasteiger partial charge on any atom is -0.494 e. The Labute approximate surface area is 130 Å². The molecular formula is C14H22ClN3O3. The molecule has 0 aliphatic rings.